The predicted octanol–water partition coefficient (Wildman–Crippen LogP) is 0.738. The smallest absolute Gasteiger partial charge is 0.255 e. The van der Waals surface area contributed by atoms with Crippen molar-refractivity contribution in [2.24, 2.45) is 0 Å². The van der Waals surface area contributed by atoms with Crippen molar-refractivity contribution in [3.05, 3.63) is 29.6 Å². The van der Waals surface area contributed by atoms with Crippen LogP contribution in [0, 0.1) is 5.82 Å². The van der Waals surface area contributed by atoms with E-state index in [2.05, 4.69) is 5.32 Å². The molecule has 0 fully saturated rings. The normalized spacial score (nSPS) is 11.8. The Labute approximate surface area is 104 Å². The summed E-state index contributed by atoms with van der Waals surface area (Å²) in [5.41, 5.74) is -0.201. The van der Waals surface area contributed by atoms with Crippen molar-refractivity contribution in [3.63, 3.8) is 0 Å². The number of halogens is 1. The zero-order chi connectivity index (χ0) is 13.9. The van der Waals surface area contributed by atoms with Crippen LogP contribution in [0.15, 0.2) is 18.2 Å². The summed E-state index contributed by atoms with van der Waals surface area (Å²) in [4.78, 5) is 24.6. The number of rotatable bonds is 3. The lowest BCUT2D eigenvalue weighted by Crippen LogP contribution is -2.44. The van der Waals surface area contributed by atoms with Crippen molar-refractivity contribution in [3.8, 4) is 5.75 Å². The maximum atomic E-state index is 13.0. The van der Waals surface area contributed by atoms with Gasteiger partial charge < -0.3 is 15.3 Å². The number of carbonyl (C=O) groups is 2. The fraction of sp³-hybridized carbons (Fsp3) is 0.333. The maximum absolute atomic E-state index is 13.0. The second-order valence-electron chi connectivity index (χ2n) is 4.09. The number of phenols is 1. The zero-order valence-electron chi connectivity index (χ0n) is 10.4. The Balaban J connectivity index is 2.83. The molecule has 0 bridgehead atoms. The van der Waals surface area contributed by atoms with E-state index in [1.54, 1.807) is 14.1 Å². The summed E-state index contributed by atoms with van der Waals surface area (Å²) >= 11 is 0. The molecule has 18 heavy (non-hydrogen) atoms. The van der Waals surface area contributed by atoms with Crippen LogP contribution in [0.5, 0.6) is 5.75 Å². The molecule has 0 spiro atoms. The summed E-state index contributed by atoms with van der Waals surface area (Å²) in [6.07, 6.45) is 0. The van der Waals surface area contributed by atoms with Gasteiger partial charge in [0.25, 0.3) is 5.91 Å². The average molecular weight is 254 g/mol. The van der Waals surface area contributed by atoms with E-state index in [1.807, 2.05) is 0 Å². The number of nitrogens with one attached hydrogen (secondary N) is 1. The molecule has 0 heterocycles. The van der Waals surface area contributed by atoms with Crippen LogP contribution in [-0.4, -0.2) is 42.0 Å². The van der Waals surface area contributed by atoms with Crippen molar-refractivity contribution in [1.82, 2.24) is 10.2 Å². The molecule has 5 nitrogen and oxygen atoms in total. The van der Waals surface area contributed by atoms with Gasteiger partial charge in [0.1, 0.15) is 17.6 Å². The van der Waals surface area contributed by atoms with Crippen LogP contribution < -0.4 is 5.32 Å². The van der Waals surface area contributed by atoms with E-state index in [9.17, 15) is 19.1 Å². The highest BCUT2D eigenvalue weighted by molar-refractivity contribution is 5.99. The summed E-state index contributed by atoms with van der Waals surface area (Å²) in [7, 11) is 3.12. The van der Waals surface area contributed by atoms with Gasteiger partial charge in [0.05, 0.1) is 5.56 Å². The first-order chi connectivity index (χ1) is 8.32. The van der Waals surface area contributed by atoms with Crippen molar-refractivity contribution in [1.29, 1.82) is 0 Å². The molecule has 2 amide bonds. The minimum Gasteiger partial charge on any atom is -0.507 e. The molecule has 1 aromatic rings. The number of carbonyl (C=O) groups excluding carboxylic acids is 2. The quantitative estimate of drug-likeness (QED) is 0.835. The summed E-state index contributed by atoms with van der Waals surface area (Å²) in [5.74, 6) is -1.96. The van der Waals surface area contributed by atoms with Gasteiger partial charge in [-0.3, -0.25) is 9.59 Å². The van der Waals surface area contributed by atoms with Gasteiger partial charge in [-0.15, -0.1) is 0 Å². The van der Waals surface area contributed by atoms with Gasteiger partial charge in [-0.1, -0.05) is 0 Å². The molecule has 0 radical (unpaired) electrons. The van der Waals surface area contributed by atoms with Gasteiger partial charge in [-0.25, -0.2) is 4.39 Å². The van der Waals surface area contributed by atoms with E-state index in [0.717, 1.165) is 18.2 Å². The zero-order valence-corrected chi connectivity index (χ0v) is 10.4. The van der Waals surface area contributed by atoms with E-state index < -0.39 is 17.8 Å². The molecule has 0 aliphatic heterocycles. The molecule has 0 aliphatic rings. The van der Waals surface area contributed by atoms with Crippen molar-refractivity contribution in [2.75, 3.05) is 14.1 Å². The number of aromatic hydroxyl groups is 1. The van der Waals surface area contributed by atoms with Crippen LogP contribution in [-0.2, 0) is 4.79 Å². The van der Waals surface area contributed by atoms with Crippen molar-refractivity contribution in [2.45, 2.75) is 13.0 Å². The molecule has 1 atom stereocenters. The molecule has 98 valence electrons. The summed E-state index contributed by atoms with van der Waals surface area (Å²) in [6.45, 7) is 1.51. The van der Waals surface area contributed by atoms with Crippen LogP contribution in [0.3, 0.4) is 0 Å². The molecular weight excluding hydrogens is 239 g/mol. The first-order valence-electron chi connectivity index (χ1n) is 5.33. The van der Waals surface area contributed by atoms with E-state index in [1.165, 1.54) is 11.8 Å². The van der Waals surface area contributed by atoms with Crippen LogP contribution in [0.4, 0.5) is 4.39 Å². The predicted molar refractivity (Wildman–Crippen MR) is 63.7 cm³/mol. The Bertz CT molecular complexity index is 474. The molecule has 1 rings (SSSR count). The van der Waals surface area contributed by atoms with Crippen LogP contribution in [0.25, 0.3) is 0 Å². The molecule has 0 aliphatic carbocycles. The van der Waals surface area contributed by atoms with E-state index in [4.69, 9.17) is 0 Å². The number of phenolic OH excluding ortho intramolecular Hbond substituents is 1. The molecule has 0 aromatic heterocycles. The number of benzene rings is 1. The lowest BCUT2D eigenvalue weighted by atomic mass is 10.1. The van der Waals surface area contributed by atoms with Crippen LogP contribution in [0.2, 0.25) is 0 Å². The molecule has 6 heteroatoms. The monoisotopic (exact) mass is 254 g/mol. The standard InChI is InChI=1S/C12H15FN2O3/c1-7(12(18)15(2)3)14-11(17)9-6-8(13)4-5-10(9)16/h4-7,16H,1-3H3,(H,14,17). The maximum Gasteiger partial charge on any atom is 0.255 e. The first kappa shape index (κ1) is 14.0. The molecule has 1 aromatic carbocycles. The third kappa shape index (κ3) is 3.19. The largest absolute Gasteiger partial charge is 0.507 e. The summed E-state index contributed by atoms with van der Waals surface area (Å²) < 4.78 is 13.0. The minimum absolute atomic E-state index is 0.201. The van der Waals surface area contributed by atoms with Gasteiger partial charge in [0.15, 0.2) is 0 Å². The fourth-order valence-corrected chi connectivity index (χ4v) is 1.41. The lowest BCUT2D eigenvalue weighted by Gasteiger charge is -2.18. The number of hydrogen-bond donors (Lipinski definition) is 2. The van der Waals surface area contributed by atoms with Crippen molar-refractivity contribution < 1.29 is 19.1 Å². The topological polar surface area (TPSA) is 69.6 Å². The van der Waals surface area contributed by atoms with Gasteiger partial charge in [-0.2, -0.15) is 0 Å². The van der Waals surface area contributed by atoms with Gasteiger partial charge >= 0.3 is 0 Å². The number of nitrogens with zero attached hydrogens (tertiary/aromatic N) is 1. The van der Waals surface area contributed by atoms with Gasteiger partial charge in [0.2, 0.25) is 5.91 Å². The minimum atomic E-state index is -0.754. The molecule has 1 unspecified atom stereocenters. The Morgan fingerprint density at radius 3 is 2.56 bits per heavy atom. The van der Waals surface area contributed by atoms with Crippen molar-refractivity contribution >= 4 is 11.8 Å². The van der Waals surface area contributed by atoms with Crippen LogP contribution >= 0.6 is 0 Å². The highest BCUT2D eigenvalue weighted by Crippen LogP contribution is 2.17. The van der Waals surface area contributed by atoms with Gasteiger partial charge in [-0.05, 0) is 25.1 Å². The fourth-order valence-electron chi connectivity index (χ4n) is 1.41. The Morgan fingerprint density at radius 2 is 2.00 bits per heavy atom. The third-order valence-corrected chi connectivity index (χ3v) is 2.36. The molecule has 0 saturated carbocycles. The molecule has 0 saturated heterocycles. The van der Waals surface area contributed by atoms with Crippen LogP contribution in [0.1, 0.15) is 17.3 Å². The lowest BCUT2D eigenvalue weighted by molar-refractivity contribution is -0.130. The second kappa shape index (κ2) is 5.48. The number of likely N-dealkylation sites (N-methyl/N-ethyl adjacent to an activating group) is 1. The van der Waals surface area contributed by atoms with E-state index >= 15 is 0 Å². The third-order valence-electron chi connectivity index (χ3n) is 2.36. The number of hydrogen-bond acceptors (Lipinski definition) is 3. The summed E-state index contributed by atoms with van der Waals surface area (Å²) in [6, 6.07) is 2.29. The van der Waals surface area contributed by atoms with Gasteiger partial charge in [0, 0.05) is 14.1 Å². The first-order valence-corrected chi connectivity index (χ1v) is 5.33. The Kier molecular flexibility index (Phi) is 4.25. The van der Waals surface area contributed by atoms with E-state index in [0.29, 0.717) is 0 Å². The highest BCUT2D eigenvalue weighted by Gasteiger charge is 2.20. The number of amides is 2. The summed E-state index contributed by atoms with van der Waals surface area (Å²) in [5, 5.41) is 11.8. The van der Waals surface area contributed by atoms with E-state index in [-0.39, 0.29) is 17.2 Å². The Morgan fingerprint density at radius 1 is 1.39 bits per heavy atom. The molecule has 2 N–H and O–H groups in total. The molecular formula is C12H15FN2O3. The second-order valence-corrected chi connectivity index (χ2v) is 4.09. The SMILES string of the molecule is CC(NC(=O)c1cc(F)ccc1O)C(=O)N(C)C. The Hall–Kier alpha value is -2.11. The highest BCUT2D eigenvalue weighted by atomic mass is 19.1. The average Bonchev–Trinajstić information content (AvgIpc) is 2.30.